The van der Waals surface area contributed by atoms with Crippen molar-refractivity contribution < 1.29 is 0 Å². The van der Waals surface area contributed by atoms with Crippen molar-refractivity contribution in [2.45, 2.75) is 33.6 Å². The number of aryl methyl sites for hydroxylation is 1. The maximum Gasteiger partial charge on any atom is 0.185 e. The van der Waals surface area contributed by atoms with E-state index in [0.29, 0.717) is 12.3 Å². The van der Waals surface area contributed by atoms with Gasteiger partial charge in [0.05, 0.1) is 11.5 Å². The Morgan fingerprint density at radius 3 is 2.76 bits per heavy atom. The number of nitrogens with two attached hydrogens (primary N) is 1. The van der Waals surface area contributed by atoms with E-state index in [0.717, 1.165) is 30.3 Å². The largest absolute Gasteiger partial charge is 0.388 e. The second-order valence-corrected chi connectivity index (χ2v) is 5.43. The highest BCUT2D eigenvalue weighted by atomic mass is 32.1. The zero-order chi connectivity index (χ0) is 12.8. The summed E-state index contributed by atoms with van der Waals surface area (Å²) < 4.78 is 0. The fraction of sp³-hybridized carbons (Fsp3) is 0.667. The molecule has 0 amide bonds. The van der Waals surface area contributed by atoms with Gasteiger partial charge >= 0.3 is 0 Å². The van der Waals surface area contributed by atoms with Crippen LogP contribution in [0.2, 0.25) is 0 Å². The summed E-state index contributed by atoms with van der Waals surface area (Å²) in [5, 5.41) is 10.5. The van der Waals surface area contributed by atoms with Crippen LogP contribution in [-0.2, 0) is 6.42 Å². The molecule has 0 spiro atoms. The van der Waals surface area contributed by atoms with Crippen molar-refractivity contribution in [3.05, 3.63) is 11.1 Å². The molecule has 0 aliphatic heterocycles. The van der Waals surface area contributed by atoms with Crippen LogP contribution < -0.4 is 10.6 Å². The lowest BCUT2D eigenvalue weighted by atomic mass is 10.2. The molecule has 0 unspecified atom stereocenters. The number of anilines is 1. The molecule has 0 radical (unpaired) electrons. The summed E-state index contributed by atoms with van der Waals surface area (Å²) in [7, 11) is 0. The smallest absolute Gasteiger partial charge is 0.185 e. The standard InChI is InChI=1S/C12H22N4S/c1-4-10-8-17-12(15-10)16(7-9(2)3)6-5-11(13)14/h8-9H,4-7H2,1-3H3,(H3,13,14). The number of thiazole rings is 1. The fourth-order valence-electron chi connectivity index (χ4n) is 1.57. The second kappa shape index (κ2) is 6.59. The third-order valence-electron chi connectivity index (χ3n) is 2.41. The summed E-state index contributed by atoms with van der Waals surface area (Å²) in [5.41, 5.74) is 6.56. The predicted molar refractivity (Wildman–Crippen MR) is 75.1 cm³/mol. The van der Waals surface area contributed by atoms with Gasteiger partial charge in [-0.15, -0.1) is 11.3 Å². The molecular weight excluding hydrogens is 232 g/mol. The number of amidine groups is 1. The van der Waals surface area contributed by atoms with E-state index in [1.165, 1.54) is 0 Å². The van der Waals surface area contributed by atoms with Crippen molar-refractivity contribution in [2.75, 3.05) is 18.0 Å². The van der Waals surface area contributed by atoms with Crippen molar-refractivity contribution in [2.24, 2.45) is 11.7 Å². The van der Waals surface area contributed by atoms with Gasteiger partial charge in [-0.2, -0.15) is 0 Å². The van der Waals surface area contributed by atoms with Gasteiger partial charge < -0.3 is 10.6 Å². The predicted octanol–water partition coefficient (Wildman–Crippen LogP) is 2.49. The Labute approximate surface area is 107 Å². The van der Waals surface area contributed by atoms with Crippen LogP contribution in [0.3, 0.4) is 0 Å². The maximum absolute atomic E-state index is 7.31. The van der Waals surface area contributed by atoms with Gasteiger partial charge in [0, 0.05) is 24.9 Å². The SMILES string of the molecule is CCc1csc(N(CCC(=N)N)CC(C)C)n1. The summed E-state index contributed by atoms with van der Waals surface area (Å²) in [4.78, 5) is 6.83. The number of nitrogens with zero attached hydrogens (tertiary/aromatic N) is 2. The van der Waals surface area contributed by atoms with Gasteiger partial charge in [0.25, 0.3) is 0 Å². The Morgan fingerprint density at radius 1 is 1.59 bits per heavy atom. The monoisotopic (exact) mass is 254 g/mol. The minimum absolute atomic E-state index is 0.242. The van der Waals surface area contributed by atoms with Crippen molar-refractivity contribution in [1.82, 2.24) is 4.98 Å². The molecule has 5 heteroatoms. The summed E-state index contributed by atoms with van der Waals surface area (Å²) in [6, 6.07) is 0. The first-order chi connectivity index (χ1) is 8.02. The first-order valence-electron chi connectivity index (χ1n) is 6.05. The Hall–Kier alpha value is -1.10. The Balaban J connectivity index is 2.70. The van der Waals surface area contributed by atoms with Gasteiger partial charge in [-0.3, -0.25) is 5.41 Å². The molecule has 4 nitrogen and oxygen atoms in total. The second-order valence-electron chi connectivity index (χ2n) is 4.59. The fourth-order valence-corrected chi connectivity index (χ4v) is 2.51. The van der Waals surface area contributed by atoms with Crippen LogP contribution in [-0.4, -0.2) is 23.9 Å². The molecule has 0 aromatic carbocycles. The molecule has 0 aliphatic rings. The summed E-state index contributed by atoms with van der Waals surface area (Å²) in [5.74, 6) is 0.821. The Bertz CT molecular complexity index is 359. The Kier molecular flexibility index (Phi) is 5.41. The van der Waals surface area contributed by atoms with Crippen LogP contribution in [0.15, 0.2) is 5.38 Å². The average molecular weight is 254 g/mol. The third kappa shape index (κ3) is 4.73. The van der Waals surface area contributed by atoms with Crippen molar-refractivity contribution in [3.63, 3.8) is 0 Å². The van der Waals surface area contributed by atoms with E-state index in [4.69, 9.17) is 11.1 Å². The first kappa shape index (κ1) is 14.0. The van der Waals surface area contributed by atoms with Crippen LogP contribution in [0, 0.1) is 11.3 Å². The van der Waals surface area contributed by atoms with Gasteiger partial charge in [0.1, 0.15) is 0 Å². The minimum atomic E-state index is 0.242. The van der Waals surface area contributed by atoms with Gasteiger partial charge in [-0.05, 0) is 12.3 Å². The molecule has 0 bridgehead atoms. The van der Waals surface area contributed by atoms with Gasteiger partial charge in [0.15, 0.2) is 5.13 Å². The minimum Gasteiger partial charge on any atom is -0.388 e. The molecule has 1 aromatic rings. The zero-order valence-corrected chi connectivity index (χ0v) is 11.7. The number of hydrogen-bond acceptors (Lipinski definition) is 4. The molecule has 17 heavy (non-hydrogen) atoms. The number of aromatic nitrogens is 1. The molecule has 96 valence electrons. The zero-order valence-electron chi connectivity index (χ0n) is 10.9. The van der Waals surface area contributed by atoms with E-state index < -0.39 is 0 Å². The normalized spacial score (nSPS) is 10.8. The lowest BCUT2D eigenvalue weighted by Crippen LogP contribution is -2.31. The van der Waals surface area contributed by atoms with Crippen molar-refractivity contribution in [1.29, 1.82) is 5.41 Å². The highest BCUT2D eigenvalue weighted by Crippen LogP contribution is 2.22. The van der Waals surface area contributed by atoms with Gasteiger partial charge in [-0.25, -0.2) is 4.98 Å². The summed E-state index contributed by atoms with van der Waals surface area (Å²) in [6.07, 6.45) is 1.58. The number of rotatable bonds is 7. The van der Waals surface area contributed by atoms with Gasteiger partial charge in [-0.1, -0.05) is 20.8 Å². The molecule has 1 heterocycles. The van der Waals surface area contributed by atoms with Crippen molar-refractivity contribution >= 4 is 22.3 Å². The van der Waals surface area contributed by atoms with Crippen LogP contribution in [0.5, 0.6) is 0 Å². The lowest BCUT2D eigenvalue weighted by molar-refractivity contribution is 0.611. The Morgan fingerprint density at radius 2 is 2.29 bits per heavy atom. The average Bonchev–Trinajstić information content (AvgIpc) is 2.71. The van der Waals surface area contributed by atoms with Crippen LogP contribution >= 0.6 is 11.3 Å². The van der Waals surface area contributed by atoms with Crippen LogP contribution in [0.25, 0.3) is 0 Å². The molecule has 0 aliphatic carbocycles. The van der Waals surface area contributed by atoms with E-state index in [1.54, 1.807) is 11.3 Å². The quantitative estimate of drug-likeness (QED) is 0.580. The molecule has 1 rings (SSSR count). The lowest BCUT2D eigenvalue weighted by Gasteiger charge is -2.23. The number of nitrogens with one attached hydrogen (secondary N) is 1. The molecule has 0 atom stereocenters. The molecule has 0 saturated heterocycles. The highest BCUT2D eigenvalue weighted by Gasteiger charge is 2.12. The van der Waals surface area contributed by atoms with E-state index in [9.17, 15) is 0 Å². The number of hydrogen-bond donors (Lipinski definition) is 2. The topological polar surface area (TPSA) is 66.0 Å². The van der Waals surface area contributed by atoms with Crippen LogP contribution in [0.1, 0.15) is 32.9 Å². The first-order valence-corrected chi connectivity index (χ1v) is 6.93. The molecule has 0 fully saturated rings. The maximum atomic E-state index is 7.31. The van der Waals surface area contributed by atoms with Crippen LogP contribution in [0.4, 0.5) is 5.13 Å². The molecule has 1 aromatic heterocycles. The molecular formula is C12H22N4S. The summed E-state index contributed by atoms with van der Waals surface area (Å²) >= 11 is 1.68. The van der Waals surface area contributed by atoms with E-state index in [-0.39, 0.29) is 5.84 Å². The van der Waals surface area contributed by atoms with E-state index in [1.807, 2.05) is 0 Å². The third-order valence-corrected chi connectivity index (χ3v) is 3.36. The van der Waals surface area contributed by atoms with E-state index >= 15 is 0 Å². The molecule has 3 N–H and O–H groups in total. The summed E-state index contributed by atoms with van der Waals surface area (Å²) in [6.45, 7) is 8.24. The molecule has 0 saturated carbocycles. The van der Waals surface area contributed by atoms with Gasteiger partial charge in [0.2, 0.25) is 0 Å². The highest BCUT2D eigenvalue weighted by molar-refractivity contribution is 7.13. The van der Waals surface area contributed by atoms with Crippen molar-refractivity contribution in [3.8, 4) is 0 Å². The van der Waals surface area contributed by atoms with E-state index in [2.05, 4.69) is 36.0 Å².